The lowest BCUT2D eigenvalue weighted by atomic mass is 9.88. The fourth-order valence-electron chi connectivity index (χ4n) is 3.60. The summed E-state index contributed by atoms with van der Waals surface area (Å²) in [6.07, 6.45) is 6.50. The molecular formula is C16H20N4O2S. The number of amides is 1. The number of carbonyl (C=O) groups is 1. The van der Waals surface area contributed by atoms with Gasteiger partial charge in [-0.1, -0.05) is 0 Å². The topological polar surface area (TPSA) is 70.2 Å². The minimum Gasteiger partial charge on any atom is -0.371 e. The van der Waals surface area contributed by atoms with Crippen molar-refractivity contribution < 1.29 is 9.53 Å². The van der Waals surface area contributed by atoms with Crippen molar-refractivity contribution in [2.24, 2.45) is 0 Å². The predicted octanol–water partition coefficient (Wildman–Crippen LogP) is 2.35. The number of aromatic nitrogens is 2. The van der Waals surface area contributed by atoms with E-state index in [0.717, 1.165) is 30.9 Å². The summed E-state index contributed by atoms with van der Waals surface area (Å²) in [4.78, 5) is 21.7. The molecule has 2 aromatic rings. The molecule has 23 heavy (non-hydrogen) atoms. The molecule has 2 atom stereocenters. The summed E-state index contributed by atoms with van der Waals surface area (Å²) in [5.41, 5.74) is 0.438. The van der Waals surface area contributed by atoms with E-state index in [9.17, 15) is 4.79 Å². The third-order valence-corrected chi connectivity index (χ3v) is 5.33. The summed E-state index contributed by atoms with van der Waals surface area (Å²) in [5.74, 6) is 0.0639. The van der Waals surface area contributed by atoms with Crippen molar-refractivity contribution >= 4 is 22.4 Å². The summed E-state index contributed by atoms with van der Waals surface area (Å²) < 4.78 is 6.15. The molecule has 7 heteroatoms. The van der Waals surface area contributed by atoms with Crippen molar-refractivity contribution in [3.8, 4) is 0 Å². The number of anilines is 1. The largest absolute Gasteiger partial charge is 0.371 e. The molecule has 1 amide bonds. The number of H-pyrrole nitrogens is 1. The Kier molecular flexibility index (Phi) is 3.82. The van der Waals surface area contributed by atoms with Crippen LogP contribution in [0.3, 0.4) is 0 Å². The van der Waals surface area contributed by atoms with Crippen LogP contribution in [0.1, 0.15) is 29.8 Å². The first-order valence-electron chi connectivity index (χ1n) is 7.97. The average molecular weight is 332 g/mol. The van der Waals surface area contributed by atoms with Crippen molar-refractivity contribution in [3.05, 3.63) is 35.6 Å². The van der Waals surface area contributed by atoms with Gasteiger partial charge in [0.15, 0.2) is 5.13 Å². The molecule has 1 spiro atoms. The fourth-order valence-corrected chi connectivity index (χ4v) is 4.20. The van der Waals surface area contributed by atoms with Crippen molar-refractivity contribution in [2.45, 2.75) is 30.9 Å². The number of nitrogens with zero attached hydrogens (tertiary/aromatic N) is 2. The van der Waals surface area contributed by atoms with Crippen molar-refractivity contribution in [1.29, 1.82) is 0 Å². The maximum atomic E-state index is 12.6. The van der Waals surface area contributed by atoms with Crippen LogP contribution in [0.2, 0.25) is 0 Å². The number of piperidine rings is 1. The Bertz CT molecular complexity index is 658. The maximum absolute atomic E-state index is 12.6. The molecule has 122 valence electrons. The van der Waals surface area contributed by atoms with Gasteiger partial charge < -0.3 is 19.9 Å². The molecule has 0 aromatic carbocycles. The summed E-state index contributed by atoms with van der Waals surface area (Å²) in [6, 6.07) is 3.94. The zero-order valence-corrected chi connectivity index (χ0v) is 13.6. The molecule has 2 N–H and O–H groups in total. The molecule has 0 saturated carbocycles. The summed E-state index contributed by atoms with van der Waals surface area (Å²) in [5, 5.41) is 6.34. The monoisotopic (exact) mass is 332 g/mol. The van der Waals surface area contributed by atoms with E-state index >= 15 is 0 Å². The highest BCUT2D eigenvalue weighted by Crippen LogP contribution is 2.36. The molecule has 6 nitrogen and oxygen atoms in total. The van der Waals surface area contributed by atoms with Crippen molar-refractivity contribution in [1.82, 2.24) is 14.9 Å². The molecule has 0 bridgehead atoms. The van der Waals surface area contributed by atoms with Crippen LogP contribution in [0.25, 0.3) is 0 Å². The predicted molar refractivity (Wildman–Crippen MR) is 88.8 cm³/mol. The van der Waals surface area contributed by atoms with Gasteiger partial charge in [-0.2, -0.15) is 0 Å². The first-order chi connectivity index (χ1) is 11.2. The number of nitrogens with one attached hydrogen (secondary N) is 2. The van der Waals surface area contributed by atoms with Gasteiger partial charge in [-0.05, 0) is 25.0 Å². The van der Waals surface area contributed by atoms with Crippen molar-refractivity contribution in [3.63, 3.8) is 0 Å². The quantitative estimate of drug-likeness (QED) is 0.905. The number of aromatic amines is 1. The van der Waals surface area contributed by atoms with Gasteiger partial charge in [0, 0.05) is 30.7 Å². The van der Waals surface area contributed by atoms with E-state index in [1.807, 2.05) is 22.4 Å². The van der Waals surface area contributed by atoms with Crippen LogP contribution in [0.4, 0.5) is 5.13 Å². The van der Waals surface area contributed by atoms with Gasteiger partial charge in [0.1, 0.15) is 5.69 Å². The Morgan fingerprint density at radius 3 is 3.30 bits per heavy atom. The first kappa shape index (κ1) is 14.7. The van der Waals surface area contributed by atoms with E-state index in [-0.39, 0.29) is 17.6 Å². The second-order valence-corrected chi connectivity index (χ2v) is 7.19. The van der Waals surface area contributed by atoms with Gasteiger partial charge >= 0.3 is 0 Å². The van der Waals surface area contributed by atoms with Crippen molar-refractivity contribution in [2.75, 3.05) is 25.0 Å². The van der Waals surface area contributed by atoms with Gasteiger partial charge in [-0.25, -0.2) is 4.98 Å². The number of likely N-dealkylation sites (tertiary alicyclic amines) is 1. The molecule has 2 aromatic heterocycles. The molecule has 0 aliphatic carbocycles. The molecule has 2 aliphatic rings. The van der Waals surface area contributed by atoms with Gasteiger partial charge in [0.25, 0.3) is 5.91 Å². The first-order valence-corrected chi connectivity index (χ1v) is 8.85. The summed E-state index contributed by atoms with van der Waals surface area (Å²) in [6.45, 7) is 2.14. The van der Waals surface area contributed by atoms with Crippen LogP contribution in [0.15, 0.2) is 29.9 Å². The van der Waals surface area contributed by atoms with Gasteiger partial charge in [-0.3, -0.25) is 4.79 Å². The molecule has 4 rings (SSSR count). The second-order valence-electron chi connectivity index (χ2n) is 6.29. The fraction of sp³-hybridized carbons (Fsp3) is 0.500. The standard InChI is InChI=1S/C16H20N4O2S/c21-14(13-3-1-5-17-13)20-7-2-4-16(11-20)9-12(10-22-16)19-15-18-6-8-23-15/h1,3,5-6,8,12,17H,2,4,7,9-11H2,(H,18,19)/t12-,16-/m1/s1. The van der Waals surface area contributed by atoms with Gasteiger partial charge in [-0.15, -0.1) is 11.3 Å². The second kappa shape index (κ2) is 5.98. The van der Waals surface area contributed by atoms with E-state index in [4.69, 9.17) is 4.74 Å². The third-order valence-electron chi connectivity index (χ3n) is 4.62. The Labute approximate surface area is 138 Å². The van der Waals surface area contributed by atoms with Crippen LogP contribution >= 0.6 is 11.3 Å². The number of hydrogen-bond donors (Lipinski definition) is 2. The van der Waals surface area contributed by atoms with E-state index in [2.05, 4.69) is 15.3 Å². The lowest BCUT2D eigenvalue weighted by Gasteiger charge is -2.39. The molecule has 2 fully saturated rings. The third kappa shape index (κ3) is 2.98. The van der Waals surface area contributed by atoms with Gasteiger partial charge in [0.2, 0.25) is 0 Å². The van der Waals surface area contributed by atoms with Crippen LogP contribution in [-0.4, -0.2) is 52.1 Å². The minimum atomic E-state index is -0.213. The van der Waals surface area contributed by atoms with E-state index in [1.165, 1.54) is 0 Å². The van der Waals surface area contributed by atoms with E-state index in [0.29, 0.717) is 18.8 Å². The normalized spacial score (nSPS) is 27.5. The van der Waals surface area contributed by atoms with E-state index in [1.54, 1.807) is 23.7 Å². The molecule has 0 unspecified atom stereocenters. The number of hydrogen-bond acceptors (Lipinski definition) is 5. The molecule has 2 aliphatic heterocycles. The molecule has 4 heterocycles. The highest BCUT2D eigenvalue weighted by molar-refractivity contribution is 7.13. The van der Waals surface area contributed by atoms with Crippen LogP contribution < -0.4 is 5.32 Å². The number of thiazole rings is 1. The maximum Gasteiger partial charge on any atom is 0.270 e. The van der Waals surface area contributed by atoms with Crippen LogP contribution in [0, 0.1) is 0 Å². The highest BCUT2D eigenvalue weighted by Gasteiger charge is 2.44. The lowest BCUT2D eigenvalue weighted by Crippen LogP contribution is -2.50. The molecular weight excluding hydrogens is 312 g/mol. The number of ether oxygens (including phenoxy) is 1. The Morgan fingerprint density at radius 2 is 2.52 bits per heavy atom. The zero-order chi connectivity index (χ0) is 15.7. The Morgan fingerprint density at radius 1 is 1.57 bits per heavy atom. The molecule has 0 radical (unpaired) electrons. The lowest BCUT2D eigenvalue weighted by molar-refractivity contribution is -0.0448. The van der Waals surface area contributed by atoms with E-state index < -0.39 is 0 Å². The molecule has 2 saturated heterocycles. The zero-order valence-electron chi connectivity index (χ0n) is 12.8. The Hall–Kier alpha value is -1.86. The smallest absolute Gasteiger partial charge is 0.270 e. The van der Waals surface area contributed by atoms with Gasteiger partial charge in [0.05, 0.1) is 24.8 Å². The SMILES string of the molecule is O=C(c1ccc[nH]1)N1CCC[C@@]2(C[C@@H](Nc3nccs3)CO2)C1. The average Bonchev–Trinajstić information content (AvgIpc) is 3.30. The highest BCUT2D eigenvalue weighted by atomic mass is 32.1. The van der Waals surface area contributed by atoms with Crippen LogP contribution in [-0.2, 0) is 4.74 Å². The summed E-state index contributed by atoms with van der Waals surface area (Å²) in [7, 11) is 0. The summed E-state index contributed by atoms with van der Waals surface area (Å²) >= 11 is 1.60. The number of rotatable bonds is 3. The minimum absolute atomic E-state index is 0.0639. The number of carbonyl (C=O) groups excluding carboxylic acids is 1. The Balaban J connectivity index is 1.42. The van der Waals surface area contributed by atoms with Crippen LogP contribution in [0.5, 0.6) is 0 Å².